The van der Waals surface area contributed by atoms with E-state index in [2.05, 4.69) is 0 Å². The van der Waals surface area contributed by atoms with Gasteiger partial charge in [-0.1, -0.05) is 0 Å². The van der Waals surface area contributed by atoms with Crippen molar-refractivity contribution in [3.63, 3.8) is 0 Å². The highest BCUT2D eigenvalue weighted by atomic mass is 16.6. The second-order valence-electron chi connectivity index (χ2n) is 4.57. The van der Waals surface area contributed by atoms with Gasteiger partial charge in [-0.25, -0.2) is 0 Å². The van der Waals surface area contributed by atoms with Crippen LogP contribution >= 0.6 is 0 Å². The van der Waals surface area contributed by atoms with Crippen molar-refractivity contribution in [2.24, 2.45) is 0 Å². The normalized spacial score (nSPS) is 38.1. The van der Waals surface area contributed by atoms with E-state index in [0.29, 0.717) is 0 Å². The van der Waals surface area contributed by atoms with Gasteiger partial charge >= 0.3 is 0 Å². The fourth-order valence-electron chi connectivity index (χ4n) is 2.21. The Kier molecular flexibility index (Phi) is 4.62. The summed E-state index contributed by atoms with van der Waals surface area (Å²) in [6.45, 7) is 1.20. The van der Waals surface area contributed by atoms with Gasteiger partial charge in [-0.2, -0.15) is 0 Å². The van der Waals surface area contributed by atoms with E-state index in [1.54, 1.807) is 0 Å². The quantitative estimate of drug-likeness (QED) is 0.494. The zero-order valence-electron chi connectivity index (χ0n) is 9.93. The average molecular weight is 248 g/mol. The summed E-state index contributed by atoms with van der Waals surface area (Å²) in [6.07, 6.45) is -1.27. The van der Waals surface area contributed by atoms with Crippen LogP contribution in [0.5, 0.6) is 0 Å². The lowest BCUT2D eigenvalue weighted by Crippen LogP contribution is -2.66. The SMILES string of the molecule is CC(=O)CC1(O)C(O)CCOC1(O)CCCO. The van der Waals surface area contributed by atoms with Crippen LogP contribution in [0.15, 0.2) is 0 Å². The number of carbonyl (C=O) groups is 1. The molecular formula is C11H20O6. The first-order chi connectivity index (χ1) is 7.85. The number of ether oxygens (including phenoxy) is 1. The van der Waals surface area contributed by atoms with Crippen molar-refractivity contribution in [1.29, 1.82) is 0 Å². The van der Waals surface area contributed by atoms with Gasteiger partial charge in [0, 0.05) is 19.4 Å². The Balaban J connectivity index is 2.93. The van der Waals surface area contributed by atoms with Crippen molar-refractivity contribution in [2.45, 2.75) is 50.1 Å². The molecule has 1 saturated heterocycles. The Bertz CT molecular complexity index is 281. The Morgan fingerprint density at radius 3 is 2.65 bits per heavy atom. The molecule has 0 aliphatic carbocycles. The number of aliphatic hydroxyl groups is 4. The van der Waals surface area contributed by atoms with E-state index in [1.165, 1.54) is 6.92 Å². The zero-order valence-corrected chi connectivity index (χ0v) is 9.93. The van der Waals surface area contributed by atoms with E-state index in [9.17, 15) is 20.1 Å². The van der Waals surface area contributed by atoms with Crippen LogP contribution in [0.25, 0.3) is 0 Å². The molecule has 3 atom stereocenters. The van der Waals surface area contributed by atoms with Crippen molar-refractivity contribution in [3.05, 3.63) is 0 Å². The second kappa shape index (κ2) is 5.41. The lowest BCUT2D eigenvalue weighted by molar-refractivity contribution is -0.349. The van der Waals surface area contributed by atoms with E-state index in [-0.39, 0.29) is 44.7 Å². The topological polar surface area (TPSA) is 107 Å². The van der Waals surface area contributed by atoms with Crippen LogP contribution in [0.3, 0.4) is 0 Å². The van der Waals surface area contributed by atoms with E-state index in [1.807, 2.05) is 0 Å². The third-order valence-electron chi connectivity index (χ3n) is 3.15. The molecule has 17 heavy (non-hydrogen) atoms. The number of Topliss-reactive ketones (excluding diaryl/α,β-unsaturated/α-hetero) is 1. The van der Waals surface area contributed by atoms with Gasteiger partial charge in [-0.05, 0) is 19.8 Å². The highest BCUT2D eigenvalue weighted by Gasteiger charge is 2.57. The molecule has 0 bridgehead atoms. The van der Waals surface area contributed by atoms with Gasteiger partial charge in [0.05, 0.1) is 12.7 Å². The molecule has 0 amide bonds. The maximum atomic E-state index is 11.1. The van der Waals surface area contributed by atoms with Gasteiger partial charge in [0.1, 0.15) is 5.78 Å². The fraction of sp³-hybridized carbons (Fsp3) is 0.909. The van der Waals surface area contributed by atoms with Crippen LogP contribution < -0.4 is 0 Å². The Labute approximate surface area is 99.8 Å². The van der Waals surface area contributed by atoms with E-state index in [0.717, 1.165) is 0 Å². The molecule has 1 aliphatic heterocycles. The third-order valence-corrected chi connectivity index (χ3v) is 3.15. The molecule has 0 aromatic carbocycles. The molecule has 1 rings (SSSR count). The first kappa shape index (κ1) is 14.5. The predicted molar refractivity (Wildman–Crippen MR) is 58.1 cm³/mol. The minimum absolute atomic E-state index is 0.0374. The molecule has 0 aromatic rings. The maximum absolute atomic E-state index is 11.1. The molecule has 4 N–H and O–H groups in total. The van der Waals surface area contributed by atoms with Crippen molar-refractivity contribution in [1.82, 2.24) is 0 Å². The lowest BCUT2D eigenvalue weighted by atomic mass is 9.77. The summed E-state index contributed by atoms with van der Waals surface area (Å²) in [5, 5.41) is 39.1. The van der Waals surface area contributed by atoms with Crippen LogP contribution in [-0.4, -0.2) is 56.9 Å². The zero-order chi connectivity index (χ0) is 13.1. The first-order valence-corrected chi connectivity index (χ1v) is 5.73. The standard InChI is InChI=1S/C11H20O6/c1-8(13)7-10(15)9(14)3-6-17-11(10,16)4-2-5-12/h9,12,14-16H,2-7H2,1H3. The summed E-state index contributed by atoms with van der Waals surface area (Å²) < 4.78 is 5.14. The Hall–Kier alpha value is -0.530. The van der Waals surface area contributed by atoms with Crippen molar-refractivity contribution < 1.29 is 30.0 Å². The van der Waals surface area contributed by atoms with Crippen LogP contribution in [0.1, 0.15) is 32.6 Å². The van der Waals surface area contributed by atoms with Crippen LogP contribution in [0, 0.1) is 0 Å². The number of rotatable bonds is 5. The molecular weight excluding hydrogens is 228 g/mol. The fourth-order valence-corrected chi connectivity index (χ4v) is 2.21. The minimum atomic E-state index is -2.01. The monoisotopic (exact) mass is 248 g/mol. The molecule has 1 fully saturated rings. The molecule has 0 aromatic heterocycles. The van der Waals surface area contributed by atoms with Crippen LogP contribution in [0.4, 0.5) is 0 Å². The van der Waals surface area contributed by atoms with E-state index >= 15 is 0 Å². The number of carbonyl (C=O) groups excluding carboxylic acids is 1. The molecule has 0 radical (unpaired) electrons. The minimum Gasteiger partial charge on any atom is -0.396 e. The second-order valence-corrected chi connectivity index (χ2v) is 4.57. The number of hydrogen-bond donors (Lipinski definition) is 4. The molecule has 100 valence electrons. The number of hydrogen-bond acceptors (Lipinski definition) is 6. The molecule has 1 heterocycles. The summed E-state index contributed by atoms with van der Waals surface area (Å²) in [5.41, 5.74) is -2.01. The first-order valence-electron chi connectivity index (χ1n) is 5.73. The third kappa shape index (κ3) is 2.83. The van der Waals surface area contributed by atoms with Crippen LogP contribution in [-0.2, 0) is 9.53 Å². The van der Waals surface area contributed by atoms with Gasteiger partial charge in [-0.15, -0.1) is 0 Å². The molecule has 1 aliphatic rings. The summed E-state index contributed by atoms with van der Waals surface area (Å²) in [7, 11) is 0. The van der Waals surface area contributed by atoms with Crippen LogP contribution in [0.2, 0.25) is 0 Å². The molecule has 3 unspecified atom stereocenters. The summed E-state index contributed by atoms with van der Waals surface area (Å²) in [6, 6.07) is 0. The lowest BCUT2D eigenvalue weighted by Gasteiger charge is -2.48. The summed E-state index contributed by atoms with van der Waals surface area (Å²) >= 11 is 0. The molecule has 0 spiro atoms. The van der Waals surface area contributed by atoms with Crippen molar-refractivity contribution in [2.75, 3.05) is 13.2 Å². The van der Waals surface area contributed by atoms with E-state index in [4.69, 9.17) is 9.84 Å². The Morgan fingerprint density at radius 2 is 2.12 bits per heavy atom. The molecule has 6 heteroatoms. The largest absolute Gasteiger partial charge is 0.396 e. The highest BCUT2D eigenvalue weighted by Crippen LogP contribution is 2.39. The van der Waals surface area contributed by atoms with Gasteiger partial charge in [-0.3, -0.25) is 4.79 Å². The van der Waals surface area contributed by atoms with Gasteiger partial charge in [0.15, 0.2) is 11.4 Å². The summed E-state index contributed by atoms with van der Waals surface area (Å²) in [5.74, 6) is -2.33. The maximum Gasteiger partial charge on any atom is 0.197 e. The number of aliphatic hydroxyl groups excluding tert-OH is 2. The van der Waals surface area contributed by atoms with Crippen molar-refractivity contribution >= 4 is 5.78 Å². The van der Waals surface area contributed by atoms with Gasteiger partial charge in [0.2, 0.25) is 0 Å². The van der Waals surface area contributed by atoms with E-state index < -0.39 is 17.5 Å². The smallest absolute Gasteiger partial charge is 0.197 e. The van der Waals surface area contributed by atoms with Gasteiger partial charge in [0.25, 0.3) is 0 Å². The van der Waals surface area contributed by atoms with Crippen molar-refractivity contribution in [3.8, 4) is 0 Å². The average Bonchev–Trinajstić information content (AvgIpc) is 2.23. The molecule has 0 saturated carbocycles. The van der Waals surface area contributed by atoms with Gasteiger partial charge < -0.3 is 25.2 Å². The Morgan fingerprint density at radius 1 is 1.47 bits per heavy atom. The predicted octanol–water partition coefficient (Wildman–Crippen LogP) is -1.06. The number of ketones is 1. The highest BCUT2D eigenvalue weighted by molar-refractivity contribution is 5.77. The summed E-state index contributed by atoms with van der Waals surface area (Å²) in [4.78, 5) is 11.1. The molecule has 6 nitrogen and oxygen atoms in total.